The fraction of sp³-hybridized carbons (Fsp3) is 0.455. The number of thioether (sulfide) groups is 1. The summed E-state index contributed by atoms with van der Waals surface area (Å²) in [6, 6.07) is 8.50. The number of fused-ring (bicyclic) bond motifs is 2. The minimum atomic E-state index is -1.16. The van der Waals surface area contributed by atoms with Crippen molar-refractivity contribution in [3.8, 4) is 0 Å². The lowest BCUT2D eigenvalue weighted by molar-refractivity contribution is 0.0132. The van der Waals surface area contributed by atoms with Crippen LogP contribution < -0.4 is 0 Å². The summed E-state index contributed by atoms with van der Waals surface area (Å²) < 4.78 is 4.98. The minimum Gasteiger partial charge on any atom is -0.450 e. The van der Waals surface area contributed by atoms with Gasteiger partial charge in [0, 0.05) is 23.1 Å². The highest BCUT2D eigenvalue weighted by Gasteiger charge is 2.26. The first-order valence-electron chi connectivity index (χ1n) is 10.0. The highest BCUT2D eigenvalue weighted by atomic mass is 32.2. The Kier molecular flexibility index (Phi) is 6.17. The van der Waals surface area contributed by atoms with Gasteiger partial charge in [-0.25, -0.2) is 4.79 Å². The Balaban J connectivity index is 1.39. The van der Waals surface area contributed by atoms with Crippen molar-refractivity contribution in [2.45, 2.75) is 43.5 Å². The fourth-order valence-electron chi connectivity index (χ4n) is 4.13. The largest absolute Gasteiger partial charge is 0.506 e. The number of likely N-dealkylation sites (tertiary alicyclic amines) is 1. The second-order valence-corrected chi connectivity index (χ2v) is 8.72. The van der Waals surface area contributed by atoms with Crippen LogP contribution in [-0.2, 0) is 4.74 Å². The van der Waals surface area contributed by atoms with Gasteiger partial charge >= 0.3 is 6.16 Å². The molecule has 28 heavy (non-hydrogen) atoms. The third-order valence-electron chi connectivity index (χ3n) is 5.46. The lowest BCUT2D eigenvalue weighted by Crippen LogP contribution is -2.40. The average Bonchev–Trinajstić information content (AvgIpc) is 2.84. The summed E-state index contributed by atoms with van der Waals surface area (Å²) >= 11 is 1.93. The molecule has 1 aliphatic carbocycles. The number of carbonyl (C=O) groups is 1. The number of hydrogen-bond acceptors (Lipinski definition) is 5. The Hall–Kier alpha value is -2.05. The van der Waals surface area contributed by atoms with Gasteiger partial charge in [-0.05, 0) is 56.5 Å². The van der Waals surface area contributed by atoms with Crippen LogP contribution in [0.2, 0.25) is 0 Å². The third-order valence-corrected chi connectivity index (χ3v) is 6.86. The first kappa shape index (κ1) is 19.3. The molecule has 2 atom stereocenters. The van der Waals surface area contributed by atoms with E-state index in [0.29, 0.717) is 11.8 Å². The number of allylic oxidation sites excluding steroid dienone is 4. The maximum atomic E-state index is 10.8. The van der Waals surface area contributed by atoms with Crippen LogP contribution in [0.1, 0.15) is 42.9 Å². The zero-order chi connectivity index (χ0) is 19.3. The van der Waals surface area contributed by atoms with Crippen molar-refractivity contribution in [3.05, 3.63) is 53.0 Å². The summed E-state index contributed by atoms with van der Waals surface area (Å²) in [5.41, 5.74) is 3.59. The van der Waals surface area contributed by atoms with E-state index in [1.807, 2.05) is 11.8 Å². The first-order chi connectivity index (χ1) is 13.7. The van der Waals surface area contributed by atoms with Crippen LogP contribution >= 0.6 is 11.8 Å². The molecule has 148 valence electrons. The highest BCUT2D eigenvalue weighted by Crippen LogP contribution is 2.46. The number of nitrogens with zero attached hydrogens (tertiary/aromatic N) is 2. The molecule has 3 aliphatic rings. The summed E-state index contributed by atoms with van der Waals surface area (Å²) in [6.07, 6.45) is 10.0. The Morgan fingerprint density at radius 2 is 2.25 bits per heavy atom. The molecule has 6 heteroatoms. The molecule has 2 unspecified atom stereocenters. The Morgan fingerprint density at radius 1 is 1.36 bits per heavy atom. The van der Waals surface area contributed by atoms with Crippen LogP contribution in [-0.4, -0.2) is 47.6 Å². The lowest BCUT2D eigenvalue weighted by atomic mass is 10.0. The SMILES string of the molecule is O=C(O)OC1CCCN(CCCC2SC3=CC=CCC3=Nc3ccccc32)C1. The molecule has 0 spiro atoms. The van der Waals surface area contributed by atoms with E-state index >= 15 is 0 Å². The van der Waals surface area contributed by atoms with Gasteiger partial charge in [-0.15, -0.1) is 11.8 Å². The zero-order valence-corrected chi connectivity index (χ0v) is 16.7. The Bertz CT molecular complexity index is 818. The van der Waals surface area contributed by atoms with Crippen LogP contribution in [0, 0.1) is 0 Å². The van der Waals surface area contributed by atoms with Gasteiger partial charge in [-0.1, -0.05) is 30.4 Å². The van der Waals surface area contributed by atoms with Crippen LogP contribution in [0.4, 0.5) is 10.5 Å². The molecular weight excluding hydrogens is 372 g/mol. The van der Waals surface area contributed by atoms with Crippen LogP contribution in [0.25, 0.3) is 0 Å². The van der Waals surface area contributed by atoms with Crippen molar-refractivity contribution in [1.29, 1.82) is 0 Å². The van der Waals surface area contributed by atoms with E-state index in [1.54, 1.807) is 0 Å². The van der Waals surface area contributed by atoms with Gasteiger partial charge in [0.05, 0.1) is 11.4 Å². The number of benzene rings is 1. The summed E-state index contributed by atoms with van der Waals surface area (Å²) in [7, 11) is 0. The first-order valence-corrected chi connectivity index (χ1v) is 10.9. The number of ether oxygens (including phenoxy) is 1. The molecule has 0 radical (unpaired) electrons. The molecule has 2 heterocycles. The number of aliphatic imine (C=N–C) groups is 1. The molecule has 1 saturated heterocycles. The minimum absolute atomic E-state index is 0.186. The van der Waals surface area contributed by atoms with Gasteiger partial charge in [0.15, 0.2) is 0 Å². The average molecular weight is 399 g/mol. The van der Waals surface area contributed by atoms with Crippen molar-refractivity contribution in [1.82, 2.24) is 4.90 Å². The predicted octanol–water partition coefficient (Wildman–Crippen LogP) is 5.33. The van der Waals surface area contributed by atoms with Crippen molar-refractivity contribution >= 4 is 29.3 Å². The fourth-order valence-corrected chi connectivity index (χ4v) is 5.47. The van der Waals surface area contributed by atoms with Gasteiger partial charge in [-0.3, -0.25) is 9.89 Å². The molecule has 0 amide bonds. The maximum absolute atomic E-state index is 10.8. The van der Waals surface area contributed by atoms with E-state index in [4.69, 9.17) is 14.8 Å². The summed E-state index contributed by atoms with van der Waals surface area (Å²) in [5, 5.41) is 9.24. The van der Waals surface area contributed by atoms with Crippen molar-refractivity contribution in [2.24, 2.45) is 4.99 Å². The molecule has 4 rings (SSSR count). The van der Waals surface area contributed by atoms with Gasteiger partial charge in [0.2, 0.25) is 0 Å². The van der Waals surface area contributed by atoms with E-state index in [1.165, 1.54) is 16.2 Å². The topological polar surface area (TPSA) is 62.1 Å². The molecule has 0 aromatic heterocycles. The van der Waals surface area contributed by atoms with Crippen molar-refractivity contribution < 1.29 is 14.6 Å². The molecular formula is C22H26N2O3S. The Labute approximate surface area is 170 Å². The van der Waals surface area contributed by atoms with E-state index in [-0.39, 0.29) is 6.10 Å². The van der Waals surface area contributed by atoms with Crippen molar-refractivity contribution in [2.75, 3.05) is 19.6 Å². The standard InChI is InChI=1S/C22H26N2O3S/c25-22(26)27-16-7-5-13-24(15-16)14-6-12-20-17-8-1-2-9-18(17)23-19-10-3-4-11-21(19)28-20/h1-4,8-9,11,16,20H,5-7,10,12-15H2,(H,25,26). The molecule has 0 saturated carbocycles. The normalized spacial score (nSPS) is 24.4. The van der Waals surface area contributed by atoms with E-state index in [2.05, 4.69) is 47.4 Å². The smallest absolute Gasteiger partial charge is 0.450 e. The molecule has 5 nitrogen and oxygen atoms in total. The summed E-state index contributed by atoms with van der Waals surface area (Å²) in [6.45, 7) is 2.71. The van der Waals surface area contributed by atoms with Crippen LogP contribution in [0.5, 0.6) is 0 Å². The van der Waals surface area contributed by atoms with Crippen molar-refractivity contribution in [3.63, 3.8) is 0 Å². The Morgan fingerprint density at radius 3 is 3.14 bits per heavy atom. The highest BCUT2D eigenvalue weighted by molar-refractivity contribution is 8.04. The second kappa shape index (κ2) is 8.97. The van der Waals surface area contributed by atoms with E-state index in [0.717, 1.165) is 50.9 Å². The molecule has 1 aromatic rings. The van der Waals surface area contributed by atoms with Gasteiger partial charge in [0.25, 0.3) is 0 Å². The summed E-state index contributed by atoms with van der Waals surface area (Å²) in [5.74, 6) is 0. The molecule has 2 aliphatic heterocycles. The monoisotopic (exact) mass is 398 g/mol. The quantitative estimate of drug-likeness (QED) is 0.679. The number of hydrogen-bond donors (Lipinski definition) is 1. The van der Waals surface area contributed by atoms with Gasteiger partial charge < -0.3 is 9.84 Å². The van der Waals surface area contributed by atoms with Crippen LogP contribution in [0.3, 0.4) is 0 Å². The number of piperidine rings is 1. The van der Waals surface area contributed by atoms with Gasteiger partial charge in [-0.2, -0.15) is 0 Å². The molecule has 1 aromatic carbocycles. The maximum Gasteiger partial charge on any atom is 0.506 e. The lowest BCUT2D eigenvalue weighted by Gasteiger charge is -2.32. The molecule has 1 N–H and O–H groups in total. The molecule has 1 fully saturated rings. The number of carboxylic acid groups (broad SMARTS) is 1. The second-order valence-electron chi connectivity index (χ2n) is 7.48. The predicted molar refractivity (Wildman–Crippen MR) is 114 cm³/mol. The van der Waals surface area contributed by atoms with E-state index < -0.39 is 6.16 Å². The molecule has 0 bridgehead atoms. The third kappa shape index (κ3) is 4.67. The van der Waals surface area contributed by atoms with Crippen LogP contribution in [0.15, 0.2) is 52.4 Å². The number of rotatable bonds is 5. The summed E-state index contributed by atoms with van der Waals surface area (Å²) in [4.78, 5) is 19.4. The zero-order valence-electron chi connectivity index (χ0n) is 15.9. The van der Waals surface area contributed by atoms with Gasteiger partial charge in [0.1, 0.15) is 6.10 Å². The number of para-hydroxylation sites is 1. The van der Waals surface area contributed by atoms with E-state index in [9.17, 15) is 4.79 Å².